The van der Waals surface area contributed by atoms with Crippen molar-refractivity contribution >= 4 is 17.1 Å². The van der Waals surface area contributed by atoms with Crippen LogP contribution in [0.5, 0.6) is 0 Å². The molecule has 0 unspecified atom stereocenters. The highest BCUT2D eigenvalue weighted by molar-refractivity contribution is 5.88. The number of anilines is 3. The molecule has 0 heterocycles. The fourth-order valence-electron chi connectivity index (χ4n) is 9.55. The number of hydrogen-bond donors (Lipinski definition) is 0. The van der Waals surface area contributed by atoms with Gasteiger partial charge in [-0.1, -0.05) is 220 Å². The molecule has 0 amide bonds. The Hall–Kier alpha value is -8.00. The van der Waals surface area contributed by atoms with Crippen LogP contribution in [-0.2, 0) is 5.41 Å². The third kappa shape index (κ3) is 7.32. The number of benzene rings is 10. The van der Waals surface area contributed by atoms with Gasteiger partial charge in [0.15, 0.2) is 0 Å². The molecule has 10 aromatic carbocycles. The zero-order chi connectivity index (χ0) is 43.0. The summed E-state index contributed by atoms with van der Waals surface area (Å²) in [6, 6.07) is 90.7. The zero-order valence-corrected chi connectivity index (χ0v) is 36.1. The van der Waals surface area contributed by atoms with E-state index in [0.717, 1.165) is 17.1 Å². The first-order valence-electron chi connectivity index (χ1n) is 22.2. The van der Waals surface area contributed by atoms with E-state index >= 15 is 0 Å². The highest BCUT2D eigenvalue weighted by Gasteiger charge is 2.36. The second-order valence-electron chi connectivity index (χ2n) is 17.4. The number of hydrogen-bond acceptors (Lipinski definition) is 1. The molecule has 1 aliphatic rings. The first-order valence-corrected chi connectivity index (χ1v) is 22.2. The quantitative estimate of drug-likeness (QED) is 0.140. The fourth-order valence-corrected chi connectivity index (χ4v) is 9.55. The lowest BCUT2D eigenvalue weighted by Crippen LogP contribution is -2.16. The summed E-state index contributed by atoms with van der Waals surface area (Å²) in [7, 11) is 0. The van der Waals surface area contributed by atoms with Crippen LogP contribution in [0.15, 0.2) is 249 Å². The topological polar surface area (TPSA) is 3.24 Å². The van der Waals surface area contributed by atoms with E-state index in [1.165, 1.54) is 89.0 Å². The van der Waals surface area contributed by atoms with Crippen LogP contribution in [0.1, 0.15) is 25.0 Å². The molecule has 11 rings (SSSR count). The van der Waals surface area contributed by atoms with E-state index in [1.54, 1.807) is 0 Å². The molecule has 0 saturated heterocycles. The molecule has 1 aliphatic carbocycles. The monoisotopic (exact) mass is 817 g/mol. The second-order valence-corrected chi connectivity index (χ2v) is 17.4. The third-order valence-electron chi connectivity index (χ3n) is 13.1. The van der Waals surface area contributed by atoms with Crippen LogP contribution in [0.4, 0.5) is 17.1 Å². The van der Waals surface area contributed by atoms with Gasteiger partial charge in [0.25, 0.3) is 0 Å². The van der Waals surface area contributed by atoms with Gasteiger partial charge in [0.05, 0.1) is 0 Å². The van der Waals surface area contributed by atoms with Gasteiger partial charge in [-0.2, -0.15) is 0 Å². The van der Waals surface area contributed by atoms with E-state index in [0.29, 0.717) is 0 Å². The van der Waals surface area contributed by atoms with Gasteiger partial charge < -0.3 is 4.90 Å². The molecule has 0 atom stereocenters. The first kappa shape index (κ1) is 38.9. The molecule has 0 saturated carbocycles. The SMILES string of the molecule is CC1(C)c2cc(-c3ccc(-c4ccccc4)cc3)ccc2-c2ccc(N(c3ccc(-c4ccc(-c5ccccc5)cc4)cc3)c3ccc(-c4ccc(-c5ccccc5)cc4)cc3)cc21. The molecule has 0 aliphatic heterocycles. The highest BCUT2D eigenvalue weighted by atomic mass is 15.1. The molecule has 1 nitrogen and oxygen atoms in total. The van der Waals surface area contributed by atoms with Crippen LogP contribution in [0.3, 0.4) is 0 Å². The molecule has 0 aromatic heterocycles. The smallest absolute Gasteiger partial charge is 0.0465 e. The van der Waals surface area contributed by atoms with Gasteiger partial charge in [0, 0.05) is 22.5 Å². The Bertz CT molecular complexity index is 3080. The van der Waals surface area contributed by atoms with Gasteiger partial charge in [-0.3, -0.25) is 0 Å². The molecular formula is C63H47N. The molecule has 0 radical (unpaired) electrons. The lowest BCUT2D eigenvalue weighted by molar-refractivity contribution is 0.660. The molecule has 0 bridgehead atoms. The van der Waals surface area contributed by atoms with Crippen LogP contribution in [0, 0.1) is 0 Å². The Labute approximate surface area is 377 Å². The zero-order valence-electron chi connectivity index (χ0n) is 36.1. The summed E-state index contributed by atoms with van der Waals surface area (Å²) in [5.74, 6) is 0. The lowest BCUT2D eigenvalue weighted by atomic mass is 9.81. The Morgan fingerprint density at radius 1 is 0.234 bits per heavy atom. The maximum absolute atomic E-state index is 2.43. The Balaban J connectivity index is 0.932. The summed E-state index contributed by atoms with van der Waals surface area (Å²) in [6.07, 6.45) is 0. The van der Waals surface area contributed by atoms with Crippen molar-refractivity contribution in [3.8, 4) is 77.9 Å². The van der Waals surface area contributed by atoms with Gasteiger partial charge in [-0.15, -0.1) is 0 Å². The van der Waals surface area contributed by atoms with Crippen molar-refractivity contribution in [1.82, 2.24) is 0 Å². The largest absolute Gasteiger partial charge is 0.310 e. The fraction of sp³-hybridized carbons (Fsp3) is 0.0476. The van der Waals surface area contributed by atoms with Crippen molar-refractivity contribution in [2.24, 2.45) is 0 Å². The van der Waals surface area contributed by atoms with E-state index in [-0.39, 0.29) is 5.41 Å². The van der Waals surface area contributed by atoms with Crippen molar-refractivity contribution < 1.29 is 0 Å². The van der Waals surface area contributed by atoms with E-state index in [1.807, 2.05) is 0 Å². The maximum Gasteiger partial charge on any atom is 0.0465 e. The van der Waals surface area contributed by atoms with E-state index in [4.69, 9.17) is 0 Å². The molecule has 0 fully saturated rings. The summed E-state index contributed by atoms with van der Waals surface area (Å²) >= 11 is 0. The van der Waals surface area contributed by atoms with Crippen LogP contribution in [0.25, 0.3) is 77.9 Å². The van der Waals surface area contributed by atoms with Crippen LogP contribution in [-0.4, -0.2) is 0 Å². The van der Waals surface area contributed by atoms with Crippen LogP contribution >= 0.6 is 0 Å². The standard InChI is InChI=1S/C63H47N/c1-63(2)61-42-55(54-28-26-49(27-29-54)46-16-10-5-11-17-46)34-40-59(61)60-41-39-58(43-62(60)63)64(56-35-30-52(31-36-56)50-22-18-47(19-23-50)44-12-6-3-7-13-44)57-37-32-53(33-38-57)51-24-20-48(21-25-51)45-14-8-4-9-15-45/h3-43H,1-2H3. The molecule has 0 N–H and O–H groups in total. The van der Waals surface area contributed by atoms with Crippen molar-refractivity contribution in [1.29, 1.82) is 0 Å². The van der Waals surface area contributed by atoms with Gasteiger partial charge in [-0.25, -0.2) is 0 Å². The predicted molar refractivity (Wildman–Crippen MR) is 271 cm³/mol. The first-order chi connectivity index (χ1) is 31.5. The van der Waals surface area contributed by atoms with E-state index in [2.05, 4.69) is 267 Å². The number of fused-ring (bicyclic) bond motifs is 3. The van der Waals surface area contributed by atoms with Gasteiger partial charge in [0.2, 0.25) is 0 Å². The lowest BCUT2D eigenvalue weighted by Gasteiger charge is -2.28. The molecule has 0 spiro atoms. The van der Waals surface area contributed by atoms with Crippen LogP contribution in [0.2, 0.25) is 0 Å². The summed E-state index contributed by atoms with van der Waals surface area (Å²) in [5.41, 5.74) is 23.1. The van der Waals surface area contributed by atoms with Crippen molar-refractivity contribution in [2.45, 2.75) is 19.3 Å². The normalized spacial score (nSPS) is 12.3. The van der Waals surface area contributed by atoms with Gasteiger partial charge in [-0.05, 0) is 131 Å². The summed E-state index contributed by atoms with van der Waals surface area (Å²) in [4.78, 5) is 2.41. The third-order valence-corrected chi connectivity index (χ3v) is 13.1. The number of nitrogens with zero attached hydrogens (tertiary/aromatic N) is 1. The average molecular weight is 818 g/mol. The predicted octanol–water partition coefficient (Wildman–Crippen LogP) is 17.5. The second kappa shape index (κ2) is 16.4. The van der Waals surface area contributed by atoms with Gasteiger partial charge >= 0.3 is 0 Å². The van der Waals surface area contributed by atoms with E-state index in [9.17, 15) is 0 Å². The minimum atomic E-state index is -0.197. The molecular weight excluding hydrogens is 771 g/mol. The molecule has 64 heavy (non-hydrogen) atoms. The Morgan fingerprint density at radius 3 is 0.844 bits per heavy atom. The molecule has 1 heteroatoms. The molecule has 304 valence electrons. The van der Waals surface area contributed by atoms with Crippen molar-refractivity contribution in [3.63, 3.8) is 0 Å². The van der Waals surface area contributed by atoms with E-state index < -0.39 is 0 Å². The summed E-state index contributed by atoms with van der Waals surface area (Å²) in [5, 5.41) is 0. The van der Waals surface area contributed by atoms with Crippen molar-refractivity contribution in [2.75, 3.05) is 4.90 Å². The Kier molecular flexibility index (Phi) is 9.94. The van der Waals surface area contributed by atoms with Gasteiger partial charge in [0.1, 0.15) is 0 Å². The highest BCUT2D eigenvalue weighted by Crippen LogP contribution is 2.52. The number of rotatable bonds is 9. The minimum absolute atomic E-state index is 0.197. The summed E-state index contributed by atoms with van der Waals surface area (Å²) < 4.78 is 0. The maximum atomic E-state index is 2.43. The Morgan fingerprint density at radius 2 is 0.484 bits per heavy atom. The molecule has 10 aromatic rings. The summed E-state index contributed by atoms with van der Waals surface area (Å²) in [6.45, 7) is 4.76. The minimum Gasteiger partial charge on any atom is -0.310 e. The van der Waals surface area contributed by atoms with Crippen molar-refractivity contribution in [3.05, 3.63) is 260 Å². The average Bonchev–Trinajstić information content (AvgIpc) is 3.60. The van der Waals surface area contributed by atoms with Crippen LogP contribution < -0.4 is 4.90 Å².